The minimum Gasteiger partial charge on any atom is -0.362 e. The van der Waals surface area contributed by atoms with Crippen LogP contribution in [0.25, 0.3) is 5.57 Å². The summed E-state index contributed by atoms with van der Waals surface area (Å²) in [6.45, 7) is 0.794. The second kappa shape index (κ2) is 8.20. The highest BCUT2D eigenvalue weighted by atomic mass is 32.2. The van der Waals surface area contributed by atoms with Gasteiger partial charge in [0.15, 0.2) is 0 Å². The van der Waals surface area contributed by atoms with Gasteiger partial charge in [-0.3, -0.25) is 0 Å². The van der Waals surface area contributed by atoms with Crippen molar-refractivity contribution >= 4 is 28.9 Å². The third kappa shape index (κ3) is 3.81. The fraction of sp³-hybridized carbons (Fsp3) is 0.130. The lowest BCUT2D eigenvalue weighted by Gasteiger charge is -2.11. The molecule has 0 bridgehead atoms. The number of aliphatic imine (C=N–C) groups is 1. The Morgan fingerprint density at radius 3 is 2.08 bits per heavy atom. The summed E-state index contributed by atoms with van der Waals surface area (Å²) in [6, 6.07) is 28.7. The molecule has 0 amide bonds. The van der Waals surface area contributed by atoms with E-state index in [2.05, 4.69) is 36.2 Å². The van der Waals surface area contributed by atoms with Crippen molar-refractivity contribution in [1.29, 1.82) is 0 Å². The first-order valence-corrected chi connectivity index (χ1v) is 9.73. The van der Waals surface area contributed by atoms with Crippen molar-refractivity contribution in [2.45, 2.75) is 5.44 Å². The van der Waals surface area contributed by atoms with Gasteiger partial charge in [-0.1, -0.05) is 78.9 Å². The average Bonchev–Trinajstić information content (AvgIpc) is 3.25. The molecule has 3 heteroatoms. The second-order valence-electron chi connectivity index (χ2n) is 5.96. The topological polar surface area (TPSA) is 21.6 Å². The summed E-state index contributed by atoms with van der Waals surface area (Å²) in [5.41, 5.74) is 5.28. The Kier molecular flexibility index (Phi) is 5.32. The Labute approximate surface area is 158 Å². The van der Waals surface area contributed by atoms with Crippen molar-refractivity contribution in [3.63, 3.8) is 0 Å². The van der Waals surface area contributed by atoms with Gasteiger partial charge in [-0.25, -0.2) is 4.99 Å². The molecule has 1 atom stereocenters. The van der Waals surface area contributed by atoms with E-state index in [1.54, 1.807) is 0 Å². The van der Waals surface area contributed by atoms with Crippen LogP contribution in [0.1, 0.15) is 22.1 Å². The molecule has 128 valence electrons. The van der Waals surface area contributed by atoms with Crippen LogP contribution in [-0.2, 0) is 4.74 Å². The predicted molar refractivity (Wildman–Crippen MR) is 110 cm³/mol. The van der Waals surface area contributed by atoms with Gasteiger partial charge < -0.3 is 4.74 Å². The van der Waals surface area contributed by atoms with E-state index in [-0.39, 0.29) is 5.44 Å². The summed E-state index contributed by atoms with van der Waals surface area (Å²) in [7, 11) is 0. The summed E-state index contributed by atoms with van der Waals surface area (Å²) < 4.78 is 5.82. The molecule has 1 fully saturated rings. The van der Waals surface area contributed by atoms with Gasteiger partial charge in [0.1, 0.15) is 5.44 Å². The minimum atomic E-state index is 0.0636. The molecule has 0 radical (unpaired) electrons. The number of hydrogen-bond acceptors (Lipinski definition) is 3. The monoisotopic (exact) mass is 357 g/mol. The average molecular weight is 357 g/mol. The molecule has 0 aliphatic carbocycles. The fourth-order valence-electron chi connectivity index (χ4n) is 2.95. The van der Waals surface area contributed by atoms with Crippen molar-refractivity contribution in [1.82, 2.24) is 0 Å². The molecule has 1 saturated heterocycles. The molecule has 2 nitrogen and oxygen atoms in total. The highest BCUT2D eigenvalue weighted by Crippen LogP contribution is 2.39. The maximum atomic E-state index is 5.82. The highest BCUT2D eigenvalue weighted by Gasteiger charge is 2.20. The van der Waals surface area contributed by atoms with Gasteiger partial charge in [-0.05, 0) is 23.1 Å². The van der Waals surface area contributed by atoms with E-state index < -0.39 is 0 Å². The molecule has 4 rings (SSSR count). The lowest BCUT2D eigenvalue weighted by molar-refractivity contribution is 0.145. The molecular formula is C23H19NOS. The Morgan fingerprint density at radius 2 is 1.46 bits per heavy atom. The Hall–Kier alpha value is -2.58. The van der Waals surface area contributed by atoms with Gasteiger partial charge in [0.05, 0.1) is 17.9 Å². The van der Waals surface area contributed by atoms with Gasteiger partial charge in [0.2, 0.25) is 0 Å². The molecular weight excluding hydrogens is 338 g/mol. The summed E-state index contributed by atoms with van der Waals surface area (Å²) in [5, 5.41) is 0. The van der Waals surface area contributed by atoms with Gasteiger partial charge in [0, 0.05) is 11.3 Å². The lowest BCUT2D eigenvalue weighted by Crippen LogP contribution is -1.93. The standard InChI is InChI=1S/C23H19NOS/c1-3-9-18(10-4-1)21(19-11-5-2-6-12-19)17-24-22-14-8-7-13-20(22)23-25-15-16-26-23/h1-14,23H,15-16H2. The number of hydrogen-bond donors (Lipinski definition) is 0. The largest absolute Gasteiger partial charge is 0.362 e. The quantitative estimate of drug-likeness (QED) is 0.544. The zero-order valence-corrected chi connectivity index (χ0v) is 15.2. The zero-order chi connectivity index (χ0) is 17.6. The van der Waals surface area contributed by atoms with Crippen LogP contribution in [0, 0.1) is 0 Å². The molecule has 3 aromatic rings. The van der Waals surface area contributed by atoms with Crippen molar-refractivity contribution in [3.05, 3.63) is 102 Å². The molecule has 3 aromatic carbocycles. The number of thioether (sulfide) groups is 1. The number of benzene rings is 3. The fourth-order valence-corrected chi connectivity index (χ4v) is 3.93. The van der Waals surface area contributed by atoms with E-state index in [0.29, 0.717) is 0 Å². The maximum Gasteiger partial charge on any atom is 0.130 e. The second-order valence-corrected chi connectivity index (χ2v) is 7.13. The van der Waals surface area contributed by atoms with Crippen molar-refractivity contribution in [2.24, 2.45) is 4.99 Å². The Morgan fingerprint density at radius 1 is 0.846 bits per heavy atom. The molecule has 1 heterocycles. The SMILES string of the molecule is C(=Nc1ccccc1C1OCCS1)=C(c1ccccc1)c1ccccc1. The summed E-state index contributed by atoms with van der Waals surface area (Å²) in [5.74, 6) is 4.33. The van der Waals surface area contributed by atoms with E-state index in [0.717, 1.165) is 40.3 Å². The van der Waals surface area contributed by atoms with Crippen LogP contribution in [0.2, 0.25) is 0 Å². The van der Waals surface area contributed by atoms with Crippen LogP contribution in [0.5, 0.6) is 0 Å². The summed E-state index contributed by atoms with van der Waals surface area (Å²) >= 11 is 1.82. The van der Waals surface area contributed by atoms with Crippen LogP contribution in [0.4, 0.5) is 5.69 Å². The summed E-state index contributed by atoms with van der Waals surface area (Å²) in [6.07, 6.45) is 0. The number of nitrogens with zero attached hydrogens (tertiary/aromatic N) is 1. The molecule has 0 N–H and O–H groups in total. The van der Waals surface area contributed by atoms with Crippen molar-refractivity contribution in [2.75, 3.05) is 12.4 Å². The van der Waals surface area contributed by atoms with Crippen LogP contribution >= 0.6 is 11.8 Å². The van der Waals surface area contributed by atoms with Gasteiger partial charge >= 0.3 is 0 Å². The van der Waals surface area contributed by atoms with Crippen molar-refractivity contribution in [3.8, 4) is 0 Å². The van der Waals surface area contributed by atoms with Gasteiger partial charge in [-0.15, -0.1) is 11.8 Å². The molecule has 26 heavy (non-hydrogen) atoms. The highest BCUT2D eigenvalue weighted by molar-refractivity contribution is 7.99. The van der Waals surface area contributed by atoms with Crippen LogP contribution in [0.3, 0.4) is 0 Å². The van der Waals surface area contributed by atoms with E-state index in [9.17, 15) is 0 Å². The van der Waals surface area contributed by atoms with Crippen LogP contribution in [0.15, 0.2) is 89.9 Å². The first-order chi connectivity index (χ1) is 12.9. The van der Waals surface area contributed by atoms with E-state index in [4.69, 9.17) is 9.73 Å². The smallest absolute Gasteiger partial charge is 0.130 e. The van der Waals surface area contributed by atoms with Crippen LogP contribution in [-0.4, -0.2) is 18.2 Å². The van der Waals surface area contributed by atoms with E-state index in [1.165, 1.54) is 0 Å². The third-order valence-corrected chi connectivity index (χ3v) is 5.32. The molecule has 0 saturated carbocycles. The number of ether oxygens (including phenoxy) is 1. The molecule has 1 aliphatic rings. The first-order valence-electron chi connectivity index (χ1n) is 8.68. The first kappa shape index (κ1) is 16.9. The summed E-state index contributed by atoms with van der Waals surface area (Å²) in [4.78, 5) is 4.72. The maximum absolute atomic E-state index is 5.82. The van der Waals surface area contributed by atoms with Crippen molar-refractivity contribution < 1.29 is 4.74 Å². The Bertz CT molecular complexity index is 883. The van der Waals surface area contributed by atoms with Gasteiger partial charge in [-0.2, -0.15) is 0 Å². The lowest BCUT2D eigenvalue weighted by atomic mass is 9.99. The molecule has 0 aromatic heterocycles. The van der Waals surface area contributed by atoms with Crippen LogP contribution < -0.4 is 0 Å². The third-order valence-electron chi connectivity index (χ3n) is 4.23. The zero-order valence-electron chi connectivity index (χ0n) is 14.3. The number of rotatable bonds is 4. The van der Waals surface area contributed by atoms with E-state index >= 15 is 0 Å². The molecule has 1 unspecified atom stereocenters. The molecule has 1 aliphatic heterocycles. The van der Waals surface area contributed by atoms with Gasteiger partial charge in [0.25, 0.3) is 0 Å². The minimum absolute atomic E-state index is 0.0636. The Balaban J connectivity index is 1.81. The molecule has 0 spiro atoms. The predicted octanol–water partition coefficient (Wildman–Crippen LogP) is 5.88. The normalized spacial score (nSPS) is 16.1. The number of para-hydroxylation sites is 1. The van der Waals surface area contributed by atoms with E-state index in [1.807, 2.05) is 66.4 Å².